The van der Waals surface area contributed by atoms with Crippen molar-refractivity contribution in [1.29, 1.82) is 0 Å². The molecule has 1 spiro atoms. The highest BCUT2D eigenvalue weighted by molar-refractivity contribution is 5.81. The quantitative estimate of drug-likeness (QED) is 0.720. The molecular formula is C10H19N3O. The van der Waals surface area contributed by atoms with Crippen LogP contribution in [0.25, 0.3) is 0 Å². The molecule has 1 saturated carbocycles. The molecule has 0 amide bonds. The van der Waals surface area contributed by atoms with Crippen molar-refractivity contribution < 1.29 is 4.74 Å². The summed E-state index contributed by atoms with van der Waals surface area (Å²) >= 11 is 0. The molecule has 2 rings (SSSR count). The van der Waals surface area contributed by atoms with Gasteiger partial charge < -0.3 is 15.4 Å². The minimum atomic E-state index is 0.207. The zero-order chi connectivity index (χ0) is 10.2. The average molecular weight is 197 g/mol. The van der Waals surface area contributed by atoms with E-state index in [2.05, 4.69) is 16.8 Å². The standard InChI is InChI=1S/C10H19N3O/c1-3-13-9(11)12-7-10(13)5-8(6-10)14-4-2/h8H,3-7H2,1-2H3,(H2,11,12). The molecule has 0 atom stereocenters. The maximum Gasteiger partial charge on any atom is 0.191 e. The Morgan fingerprint density at radius 2 is 2.29 bits per heavy atom. The van der Waals surface area contributed by atoms with E-state index in [1.807, 2.05) is 6.92 Å². The van der Waals surface area contributed by atoms with E-state index in [1.165, 1.54) is 0 Å². The number of rotatable bonds is 3. The Morgan fingerprint density at radius 1 is 1.57 bits per heavy atom. The van der Waals surface area contributed by atoms with E-state index < -0.39 is 0 Å². The van der Waals surface area contributed by atoms with Crippen LogP contribution in [0.1, 0.15) is 26.7 Å². The number of hydrogen-bond donors (Lipinski definition) is 1. The summed E-state index contributed by atoms with van der Waals surface area (Å²) in [7, 11) is 0. The molecule has 1 fully saturated rings. The second kappa shape index (κ2) is 3.42. The molecule has 0 saturated heterocycles. The van der Waals surface area contributed by atoms with Crippen LogP contribution in [0.15, 0.2) is 4.99 Å². The molecule has 4 nitrogen and oxygen atoms in total. The first kappa shape index (κ1) is 9.77. The van der Waals surface area contributed by atoms with Gasteiger partial charge in [0.1, 0.15) is 0 Å². The van der Waals surface area contributed by atoms with E-state index in [4.69, 9.17) is 10.5 Å². The highest BCUT2D eigenvalue weighted by Crippen LogP contribution is 2.42. The first-order valence-corrected chi connectivity index (χ1v) is 5.41. The first-order valence-electron chi connectivity index (χ1n) is 5.41. The Morgan fingerprint density at radius 3 is 2.86 bits per heavy atom. The average Bonchev–Trinajstić information content (AvgIpc) is 2.43. The second-order valence-electron chi connectivity index (χ2n) is 4.13. The Hall–Kier alpha value is -0.770. The minimum absolute atomic E-state index is 0.207. The molecule has 2 aliphatic rings. The van der Waals surface area contributed by atoms with Gasteiger partial charge in [-0.15, -0.1) is 0 Å². The van der Waals surface area contributed by atoms with Gasteiger partial charge in [-0.25, -0.2) is 0 Å². The maximum absolute atomic E-state index is 5.83. The number of hydrogen-bond acceptors (Lipinski definition) is 4. The molecule has 0 unspecified atom stereocenters. The van der Waals surface area contributed by atoms with Crippen LogP contribution in [-0.2, 0) is 4.74 Å². The summed E-state index contributed by atoms with van der Waals surface area (Å²) in [5.74, 6) is 0.711. The maximum atomic E-state index is 5.83. The van der Waals surface area contributed by atoms with Gasteiger partial charge in [0, 0.05) is 13.2 Å². The van der Waals surface area contributed by atoms with Crippen molar-refractivity contribution in [2.75, 3.05) is 19.7 Å². The van der Waals surface area contributed by atoms with Gasteiger partial charge in [0.15, 0.2) is 5.96 Å². The Bertz CT molecular complexity index is 246. The van der Waals surface area contributed by atoms with E-state index in [-0.39, 0.29) is 5.54 Å². The SMILES string of the molecule is CCOC1CC2(CN=C(N)N2CC)C1. The topological polar surface area (TPSA) is 50.9 Å². The predicted octanol–water partition coefficient (Wildman–Crippen LogP) is 0.574. The van der Waals surface area contributed by atoms with Gasteiger partial charge in [-0.1, -0.05) is 0 Å². The van der Waals surface area contributed by atoms with Crippen LogP contribution in [0.2, 0.25) is 0 Å². The van der Waals surface area contributed by atoms with Crippen molar-refractivity contribution in [1.82, 2.24) is 4.90 Å². The molecule has 14 heavy (non-hydrogen) atoms. The zero-order valence-electron chi connectivity index (χ0n) is 8.99. The number of aliphatic imine (C=N–C) groups is 1. The van der Waals surface area contributed by atoms with Gasteiger partial charge in [-0.2, -0.15) is 0 Å². The van der Waals surface area contributed by atoms with Gasteiger partial charge in [0.05, 0.1) is 18.2 Å². The molecule has 4 heteroatoms. The molecule has 1 aliphatic heterocycles. The largest absolute Gasteiger partial charge is 0.378 e. The molecule has 80 valence electrons. The van der Waals surface area contributed by atoms with Gasteiger partial charge in [0.25, 0.3) is 0 Å². The van der Waals surface area contributed by atoms with Crippen LogP contribution >= 0.6 is 0 Å². The van der Waals surface area contributed by atoms with Crippen LogP contribution < -0.4 is 5.73 Å². The summed E-state index contributed by atoms with van der Waals surface area (Å²) in [4.78, 5) is 6.55. The molecule has 1 aliphatic carbocycles. The summed E-state index contributed by atoms with van der Waals surface area (Å²) in [5.41, 5.74) is 6.04. The number of likely N-dealkylation sites (N-methyl/N-ethyl adjacent to an activating group) is 1. The van der Waals surface area contributed by atoms with E-state index in [0.29, 0.717) is 12.1 Å². The van der Waals surface area contributed by atoms with Gasteiger partial charge in [-0.05, 0) is 26.7 Å². The summed E-state index contributed by atoms with van der Waals surface area (Å²) in [5, 5.41) is 0. The van der Waals surface area contributed by atoms with Crippen molar-refractivity contribution >= 4 is 5.96 Å². The molecule has 0 aromatic carbocycles. The Kier molecular flexibility index (Phi) is 2.39. The van der Waals surface area contributed by atoms with Crippen LogP contribution in [0, 0.1) is 0 Å². The number of guanidine groups is 1. The lowest BCUT2D eigenvalue weighted by atomic mass is 9.73. The fraction of sp³-hybridized carbons (Fsp3) is 0.900. The lowest BCUT2D eigenvalue weighted by Crippen LogP contribution is -2.61. The minimum Gasteiger partial charge on any atom is -0.378 e. The zero-order valence-corrected chi connectivity index (χ0v) is 8.99. The Balaban J connectivity index is 1.95. The molecule has 0 aromatic heterocycles. The third-order valence-corrected chi connectivity index (χ3v) is 3.32. The normalized spacial score (nSPS) is 36.0. The van der Waals surface area contributed by atoms with E-state index in [1.54, 1.807) is 0 Å². The molecule has 0 radical (unpaired) electrons. The molecule has 2 N–H and O–H groups in total. The van der Waals surface area contributed by atoms with Gasteiger partial charge in [-0.3, -0.25) is 4.99 Å². The summed E-state index contributed by atoms with van der Waals surface area (Å²) < 4.78 is 5.57. The number of ether oxygens (including phenoxy) is 1. The molecule has 0 bridgehead atoms. The molecular weight excluding hydrogens is 178 g/mol. The second-order valence-corrected chi connectivity index (χ2v) is 4.13. The van der Waals surface area contributed by atoms with Crippen molar-refractivity contribution in [3.63, 3.8) is 0 Å². The summed E-state index contributed by atoms with van der Waals surface area (Å²) in [6.07, 6.45) is 2.59. The van der Waals surface area contributed by atoms with E-state index >= 15 is 0 Å². The lowest BCUT2D eigenvalue weighted by Gasteiger charge is -2.50. The van der Waals surface area contributed by atoms with Gasteiger partial charge in [0.2, 0.25) is 0 Å². The number of nitrogens with zero attached hydrogens (tertiary/aromatic N) is 2. The lowest BCUT2D eigenvalue weighted by molar-refractivity contribution is -0.0721. The van der Waals surface area contributed by atoms with Crippen LogP contribution in [0.4, 0.5) is 0 Å². The fourth-order valence-electron chi connectivity index (χ4n) is 2.63. The van der Waals surface area contributed by atoms with E-state index in [0.717, 1.165) is 32.5 Å². The highest BCUT2D eigenvalue weighted by atomic mass is 16.5. The summed E-state index contributed by atoms with van der Waals surface area (Å²) in [6, 6.07) is 0. The van der Waals surface area contributed by atoms with Crippen molar-refractivity contribution in [3.05, 3.63) is 0 Å². The number of nitrogens with two attached hydrogens (primary N) is 1. The third kappa shape index (κ3) is 1.29. The Labute approximate surface area is 85.1 Å². The van der Waals surface area contributed by atoms with Crippen molar-refractivity contribution in [2.24, 2.45) is 10.7 Å². The molecule has 1 heterocycles. The third-order valence-electron chi connectivity index (χ3n) is 3.32. The van der Waals surface area contributed by atoms with E-state index in [9.17, 15) is 0 Å². The monoisotopic (exact) mass is 197 g/mol. The van der Waals surface area contributed by atoms with Crippen molar-refractivity contribution in [2.45, 2.75) is 38.3 Å². The van der Waals surface area contributed by atoms with Crippen LogP contribution in [0.5, 0.6) is 0 Å². The first-order chi connectivity index (χ1) is 6.72. The highest BCUT2D eigenvalue weighted by Gasteiger charge is 2.51. The predicted molar refractivity (Wildman–Crippen MR) is 56.2 cm³/mol. The van der Waals surface area contributed by atoms with Crippen LogP contribution in [0.3, 0.4) is 0 Å². The smallest absolute Gasteiger partial charge is 0.191 e. The summed E-state index contributed by atoms with van der Waals surface area (Å²) in [6.45, 7) is 6.79. The van der Waals surface area contributed by atoms with Crippen LogP contribution in [-0.4, -0.2) is 42.2 Å². The van der Waals surface area contributed by atoms with Gasteiger partial charge >= 0.3 is 0 Å². The fourth-order valence-corrected chi connectivity index (χ4v) is 2.63. The van der Waals surface area contributed by atoms with Crippen molar-refractivity contribution in [3.8, 4) is 0 Å². The molecule has 0 aromatic rings.